The van der Waals surface area contributed by atoms with Gasteiger partial charge in [0, 0.05) is 25.0 Å². The normalized spacial score (nSPS) is 13.4. The molecule has 0 saturated carbocycles. The lowest BCUT2D eigenvalue weighted by atomic mass is 9.94. The van der Waals surface area contributed by atoms with E-state index in [0.29, 0.717) is 6.54 Å². The summed E-state index contributed by atoms with van der Waals surface area (Å²) in [5.74, 6) is -0.281. The van der Waals surface area contributed by atoms with Gasteiger partial charge in [0.15, 0.2) is 0 Å². The smallest absolute Gasteiger partial charge is 0.224 e. The number of pyridine rings is 1. The molecule has 21 heavy (non-hydrogen) atoms. The van der Waals surface area contributed by atoms with E-state index in [-0.39, 0.29) is 17.9 Å². The maximum atomic E-state index is 12.1. The zero-order chi connectivity index (χ0) is 15.1. The van der Waals surface area contributed by atoms with E-state index in [0.717, 1.165) is 17.5 Å². The molecule has 1 aromatic heterocycles. The zero-order valence-electron chi connectivity index (χ0n) is 12.2. The lowest BCUT2D eigenvalue weighted by Crippen LogP contribution is -2.36. The lowest BCUT2D eigenvalue weighted by molar-refractivity contribution is -0.125. The van der Waals surface area contributed by atoms with Crippen molar-refractivity contribution in [1.82, 2.24) is 10.3 Å². The van der Waals surface area contributed by atoms with Crippen LogP contribution in [0.15, 0.2) is 54.9 Å². The number of nitrogens with one attached hydrogen (secondary N) is 1. The van der Waals surface area contributed by atoms with E-state index in [1.54, 1.807) is 6.20 Å². The highest BCUT2D eigenvalue weighted by atomic mass is 16.1. The third kappa shape index (κ3) is 4.39. The van der Waals surface area contributed by atoms with Crippen LogP contribution in [0.5, 0.6) is 0 Å². The lowest BCUT2D eigenvalue weighted by Gasteiger charge is -2.19. The van der Waals surface area contributed by atoms with Crippen molar-refractivity contribution in [2.45, 2.75) is 19.4 Å². The Morgan fingerprint density at radius 3 is 2.67 bits per heavy atom. The quantitative estimate of drug-likeness (QED) is 0.853. The molecule has 2 rings (SSSR count). The van der Waals surface area contributed by atoms with Crippen LogP contribution >= 0.6 is 0 Å². The van der Waals surface area contributed by atoms with E-state index in [1.807, 2.05) is 55.6 Å². The van der Waals surface area contributed by atoms with Gasteiger partial charge < -0.3 is 11.1 Å². The molecular formula is C17H21N3O. The second kappa shape index (κ2) is 7.55. The van der Waals surface area contributed by atoms with Gasteiger partial charge in [-0.1, -0.05) is 43.3 Å². The van der Waals surface area contributed by atoms with Crippen LogP contribution in [-0.4, -0.2) is 17.4 Å². The first-order valence-corrected chi connectivity index (χ1v) is 7.15. The van der Waals surface area contributed by atoms with Crippen LogP contribution in [0.2, 0.25) is 0 Å². The van der Waals surface area contributed by atoms with E-state index >= 15 is 0 Å². The summed E-state index contributed by atoms with van der Waals surface area (Å²) < 4.78 is 0. The number of hydrogen-bond donors (Lipinski definition) is 2. The summed E-state index contributed by atoms with van der Waals surface area (Å²) in [6.45, 7) is 2.45. The number of hydrogen-bond acceptors (Lipinski definition) is 3. The number of nitrogens with two attached hydrogens (primary N) is 1. The largest absolute Gasteiger partial charge is 0.355 e. The number of nitrogens with zero attached hydrogens (tertiary/aromatic N) is 1. The Labute approximate surface area is 125 Å². The van der Waals surface area contributed by atoms with Crippen molar-refractivity contribution < 1.29 is 4.79 Å². The average molecular weight is 283 g/mol. The Kier molecular flexibility index (Phi) is 5.46. The van der Waals surface area contributed by atoms with Gasteiger partial charge in [-0.15, -0.1) is 0 Å². The molecule has 4 nitrogen and oxygen atoms in total. The van der Waals surface area contributed by atoms with Crippen LogP contribution in [0.4, 0.5) is 0 Å². The van der Waals surface area contributed by atoms with Crippen LogP contribution in [-0.2, 0) is 11.2 Å². The van der Waals surface area contributed by atoms with Gasteiger partial charge in [0.1, 0.15) is 0 Å². The predicted molar refractivity (Wildman–Crippen MR) is 83.5 cm³/mol. The number of rotatable bonds is 6. The SMILES string of the molecule is CC(C(=O)NCCc1cccnc1)C(N)c1ccccc1. The molecule has 0 aliphatic rings. The minimum absolute atomic E-state index is 0.0183. The Bertz CT molecular complexity index is 557. The molecule has 2 atom stereocenters. The molecule has 0 saturated heterocycles. The number of carbonyl (C=O) groups is 1. The van der Waals surface area contributed by atoms with E-state index < -0.39 is 0 Å². The fourth-order valence-corrected chi connectivity index (χ4v) is 2.16. The molecule has 1 heterocycles. The van der Waals surface area contributed by atoms with Crippen LogP contribution < -0.4 is 11.1 Å². The molecule has 0 fully saturated rings. The standard InChI is InChI=1S/C17H21N3O/c1-13(16(18)15-7-3-2-4-8-15)17(21)20-11-9-14-6-5-10-19-12-14/h2-8,10,12-13,16H,9,11,18H2,1H3,(H,20,21). The first kappa shape index (κ1) is 15.2. The van der Waals surface area contributed by atoms with Gasteiger partial charge in [-0.2, -0.15) is 0 Å². The molecule has 0 radical (unpaired) electrons. The van der Waals surface area contributed by atoms with Crippen molar-refractivity contribution in [2.75, 3.05) is 6.54 Å². The summed E-state index contributed by atoms with van der Waals surface area (Å²) in [6.07, 6.45) is 4.32. The number of aromatic nitrogens is 1. The Hall–Kier alpha value is -2.20. The van der Waals surface area contributed by atoms with Gasteiger partial charge in [0.25, 0.3) is 0 Å². The Balaban J connectivity index is 1.82. The maximum Gasteiger partial charge on any atom is 0.224 e. The maximum absolute atomic E-state index is 12.1. The second-order valence-electron chi connectivity index (χ2n) is 5.13. The van der Waals surface area contributed by atoms with Crippen LogP contribution in [0.25, 0.3) is 0 Å². The summed E-state index contributed by atoms with van der Waals surface area (Å²) in [4.78, 5) is 16.2. The summed E-state index contributed by atoms with van der Waals surface area (Å²) >= 11 is 0. The van der Waals surface area contributed by atoms with E-state index in [2.05, 4.69) is 10.3 Å². The first-order valence-electron chi connectivity index (χ1n) is 7.15. The van der Waals surface area contributed by atoms with Crippen molar-refractivity contribution in [3.8, 4) is 0 Å². The number of benzene rings is 1. The highest BCUT2D eigenvalue weighted by Gasteiger charge is 2.21. The van der Waals surface area contributed by atoms with E-state index in [4.69, 9.17) is 5.73 Å². The molecule has 0 aliphatic carbocycles. The molecule has 4 heteroatoms. The molecule has 3 N–H and O–H groups in total. The molecule has 1 amide bonds. The van der Waals surface area contributed by atoms with Crippen LogP contribution in [0, 0.1) is 5.92 Å². The summed E-state index contributed by atoms with van der Waals surface area (Å²) in [6, 6.07) is 13.3. The third-order valence-electron chi connectivity index (χ3n) is 3.57. The summed E-state index contributed by atoms with van der Waals surface area (Å²) in [7, 11) is 0. The summed E-state index contributed by atoms with van der Waals surface area (Å²) in [5.41, 5.74) is 8.24. The molecule has 0 bridgehead atoms. The van der Waals surface area contributed by atoms with Crippen LogP contribution in [0.1, 0.15) is 24.1 Å². The van der Waals surface area contributed by atoms with E-state index in [1.165, 1.54) is 0 Å². The highest BCUT2D eigenvalue weighted by molar-refractivity contribution is 5.79. The monoisotopic (exact) mass is 283 g/mol. The number of amides is 1. The van der Waals surface area contributed by atoms with Gasteiger partial charge in [0.05, 0.1) is 5.92 Å². The van der Waals surface area contributed by atoms with Crippen molar-refractivity contribution >= 4 is 5.91 Å². The molecule has 1 aromatic carbocycles. The summed E-state index contributed by atoms with van der Waals surface area (Å²) in [5, 5.41) is 2.93. The molecule has 2 aromatic rings. The third-order valence-corrected chi connectivity index (χ3v) is 3.57. The molecule has 0 spiro atoms. The molecule has 2 unspecified atom stereocenters. The Morgan fingerprint density at radius 2 is 2.00 bits per heavy atom. The van der Waals surface area contributed by atoms with Crippen molar-refractivity contribution in [3.05, 3.63) is 66.0 Å². The van der Waals surface area contributed by atoms with Gasteiger partial charge >= 0.3 is 0 Å². The average Bonchev–Trinajstić information content (AvgIpc) is 2.55. The van der Waals surface area contributed by atoms with Crippen molar-refractivity contribution in [3.63, 3.8) is 0 Å². The van der Waals surface area contributed by atoms with Gasteiger partial charge in [-0.3, -0.25) is 9.78 Å². The minimum atomic E-state index is -0.287. The predicted octanol–water partition coefficient (Wildman–Crippen LogP) is 2.08. The molecular weight excluding hydrogens is 262 g/mol. The van der Waals surface area contributed by atoms with Gasteiger partial charge in [0.2, 0.25) is 5.91 Å². The van der Waals surface area contributed by atoms with E-state index in [9.17, 15) is 4.79 Å². The highest BCUT2D eigenvalue weighted by Crippen LogP contribution is 2.18. The van der Waals surface area contributed by atoms with Gasteiger partial charge in [-0.05, 0) is 23.6 Å². The zero-order valence-corrected chi connectivity index (χ0v) is 12.2. The number of carbonyl (C=O) groups excluding carboxylic acids is 1. The second-order valence-corrected chi connectivity index (χ2v) is 5.13. The van der Waals surface area contributed by atoms with Crippen molar-refractivity contribution in [1.29, 1.82) is 0 Å². The van der Waals surface area contributed by atoms with Crippen LogP contribution in [0.3, 0.4) is 0 Å². The topological polar surface area (TPSA) is 68.0 Å². The minimum Gasteiger partial charge on any atom is -0.355 e. The Morgan fingerprint density at radius 1 is 1.24 bits per heavy atom. The van der Waals surface area contributed by atoms with Crippen molar-refractivity contribution in [2.24, 2.45) is 11.7 Å². The first-order chi connectivity index (χ1) is 10.2. The molecule has 0 aliphatic heterocycles. The molecule has 110 valence electrons. The fraction of sp³-hybridized carbons (Fsp3) is 0.294. The van der Waals surface area contributed by atoms with Gasteiger partial charge in [-0.25, -0.2) is 0 Å². The fourth-order valence-electron chi connectivity index (χ4n) is 2.16.